The predicted molar refractivity (Wildman–Crippen MR) is 80.6 cm³/mol. The van der Waals surface area contributed by atoms with Gasteiger partial charge in [0.15, 0.2) is 5.78 Å². The molecule has 0 saturated heterocycles. The van der Waals surface area contributed by atoms with Crippen LogP contribution in [0.2, 0.25) is 0 Å². The normalized spacial score (nSPS) is 15.9. The molecule has 1 aromatic rings. The first kappa shape index (κ1) is 14.6. The van der Waals surface area contributed by atoms with Crippen LogP contribution in [0.4, 0.5) is 0 Å². The summed E-state index contributed by atoms with van der Waals surface area (Å²) in [5.41, 5.74) is 2.41. The maximum atomic E-state index is 12.1. The smallest absolute Gasteiger partial charge is 0.166 e. The van der Waals surface area contributed by atoms with Gasteiger partial charge in [-0.2, -0.15) is 0 Å². The Bertz CT molecular complexity index is 568. The highest BCUT2D eigenvalue weighted by atomic mass is 16.5. The lowest BCUT2D eigenvalue weighted by Crippen LogP contribution is -2.28. The third-order valence-corrected chi connectivity index (χ3v) is 3.37. The maximum absolute atomic E-state index is 12.1. The molecule has 1 aromatic carbocycles. The average Bonchev–Trinajstić information content (AvgIpc) is 2.36. The van der Waals surface area contributed by atoms with Crippen LogP contribution in [0.15, 0.2) is 18.2 Å². The fourth-order valence-corrected chi connectivity index (χ4v) is 2.55. The van der Waals surface area contributed by atoms with Crippen LogP contribution in [-0.2, 0) is 0 Å². The molecule has 0 unspecified atom stereocenters. The van der Waals surface area contributed by atoms with Crippen molar-refractivity contribution in [2.75, 3.05) is 6.61 Å². The van der Waals surface area contributed by atoms with Gasteiger partial charge in [0, 0.05) is 18.1 Å². The van der Waals surface area contributed by atoms with Crippen molar-refractivity contribution in [1.29, 1.82) is 0 Å². The maximum Gasteiger partial charge on any atom is 0.166 e. The number of allylic oxidation sites excluding steroid dienone is 1. The number of ketones is 1. The zero-order valence-corrected chi connectivity index (χ0v) is 12.9. The molecule has 0 bridgehead atoms. The Morgan fingerprint density at radius 3 is 2.60 bits per heavy atom. The van der Waals surface area contributed by atoms with Crippen molar-refractivity contribution in [2.45, 2.75) is 46.6 Å². The third kappa shape index (κ3) is 2.72. The zero-order valence-electron chi connectivity index (χ0n) is 12.9. The summed E-state index contributed by atoms with van der Waals surface area (Å²) >= 11 is 0. The minimum Gasteiger partial charge on any atom is -0.493 e. The van der Waals surface area contributed by atoms with E-state index in [1.807, 2.05) is 46.8 Å². The standard InChI is InChI=1S/C17H22O3/c1-6-14(18)13-8-12-11(3)10-17(4,5)20-16(12)9-15(13)19-7-2/h8-10H,6-7H2,1-5H3. The Balaban J connectivity index is 2.58. The number of rotatable bonds is 4. The van der Waals surface area contributed by atoms with Crippen LogP contribution in [0, 0.1) is 0 Å². The SMILES string of the molecule is CCOc1cc2c(cc1C(=O)CC)C(C)=CC(C)(C)O2. The summed E-state index contributed by atoms with van der Waals surface area (Å²) < 4.78 is 11.6. The Morgan fingerprint density at radius 1 is 1.30 bits per heavy atom. The predicted octanol–water partition coefficient (Wildman–Crippen LogP) is 4.25. The van der Waals surface area contributed by atoms with E-state index >= 15 is 0 Å². The van der Waals surface area contributed by atoms with E-state index in [0.29, 0.717) is 24.3 Å². The van der Waals surface area contributed by atoms with E-state index in [1.165, 1.54) is 0 Å². The van der Waals surface area contributed by atoms with Crippen LogP contribution in [0.5, 0.6) is 11.5 Å². The third-order valence-electron chi connectivity index (χ3n) is 3.37. The number of Topliss-reactive ketones (excluding diaryl/α,β-unsaturated/α-hetero) is 1. The van der Waals surface area contributed by atoms with Crippen LogP contribution < -0.4 is 9.47 Å². The second-order valence-electron chi connectivity index (χ2n) is 5.59. The summed E-state index contributed by atoms with van der Waals surface area (Å²) in [4.78, 5) is 12.1. The van der Waals surface area contributed by atoms with Gasteiger partial charge in [-0.25, -0.2) is 0 Å². The summed E-state index contributed by atoms with van der Waals surface area (Å²) in [6.45, 7) is 10.4. The Kier molecular flexibility index (Phi) is 3.89. The van der Waals surface area contributed by atoms with Gasteiger partial charge in [0.2, 0.25) is 0 Å². The first-order valence-electron chi connectivity index (χ1n) is 7.10. The number of hydrogen-bond acceptors (Lipinski definition) is 3. The van der Waals surface area contributed by atoms with Gasteiger partial charge in [-0.15, -0.1) is 0 Å². The molecule has 108 valence electrons. The first-order valence-corrected chi connectivity index (χ1v) is 7.10. The molecule has 0 aromatic heterocycles. The van der Waals surface area contributed by atoms with Crippen LogP contribution in [0.3, 0.4) is 0 Å². The zero-order chi connectivity index (χ0) is 14.9. The van der Waals surface area contributed by atoms with Crippen molar-refractivity contribution in [3.05, 3.63) is 29.3 Å². The topological polar surface area (TPSA) is 35.5 Å². The lowest BCUT2D eigenvalue weighted by molar-refractivity contribution is 0.0984. The van der Waals surface area contributed by atoms with Crippen LogP contribution in [0.25, 0.3) is 5.57 Å². The number of benzene rings is 1. The second-order valence-corrected chi connectivity index (χ2v) is 5.59. The molecule has 0 fully saturated rings. The molecule has 0 atom stereocenters. The highest BCUT2D eigenvalue weighted by Crippen LogP contribution is 2.40. The van der Waals surface area contributed by atoms with E-state index in [1.54, 1.807) is 0 Å². The second kappa shape index (κ2) is 5.31. The molecule has 0 N–H and O–H groups in total. The molecule has 1 heterocycles. The molecule has 0 saturated carbocycles. The summed E-state index contributed by atoms with van der Waals surface area (Å²) in [7, 11) is 0. The van der Waals surface area contributed by atoms with Crippen molar-refractivity contribution in [1.82, 2.24) is 0 Å². The van der Waals surface area contributed by atoms with Crippen LogP contribution in [0.1, 0.15) is 57.0 Å². The van der Waals surface area contributed by atoms with Gasteiger partial charge in [-0.3, -0.25) is 4.79 Å². The first-order chi connectivity index (χ1) is 9.38. The lowest BCUT2D eigenvalue weighted by Gasteiger charge is -2.31. The quantitative estimate of drug-likeness (QED) is 0.770. The average molecular weight is 274 g/mol. The molecule has 1 aliphatic rings. The number of hydrogen-bond donors (Lipinski definition) is 0. The molecule has 0 radical (unpaired) electrons. The van der Waals surface area contributed by atoms with E-state index in [4.69, 9.17) is 9.47 Å². The summed E-state index contributed by atoms with van der Waals surface area (Å²) in [5.74, 6) is 1.49. The largest absolute Gasteiger partial charge is 0.493 e. The van der Waals surface area contributed by atoms with E-state index in [-0.39, 0.29) is 11.4 Å². The highest BCUT2D eigenvalue weighted by molar-refractivity contribution is 6.00. The Labute approximate surface area is 120 Å². The fourth-order valence-electron chi connectivity index (χ4n) is 2.55. The van der Waals surface area contributed by atoms with Crippen molar-refractivity contribution < 1.29 is 14.3 Å². The molecular formula is C17H22O3. The number of fused-ring (bicyclic) bond motifs is 1. The van der Waals surface area contributed by atoms with Crippen molar-refractivity contribution >= 4 is 11.4 Å². The lowest BCUT2D eigenvalue weighted by atomic mass is 9.93. The van der Waals surface area contributed by atoms with Gasteiger partial charge in [0.05, 0.1) is 12.2 Å². The molecule has 3 heteroatoms. The number of carbonyl (C=O) groups excluding carboxylic acids is 1. The molecular weight excluding hydrogens is 252 g/mol. The van der Waals surface area contributed by atoms with Crippen LogP contribution in [-0.4, -0.2) is 18.0 Å². The molecule has 1 aliphatic heterocycles. The highest BCUT2D eigenvalue weighted by Gasteiger charge is 2.27. The Morgan fingerprint density at radius 2 is 2.00 bits per heavy atom. The Hall–Kier alpha value is -1.77. The summed E-state index contributed by atoms with van der Waals surface area (Å²) in [6.07, 6.45) is 2.55. The van der Waals surface area contributed by atoms with Crippen molar-refractivity contribution in [3.8, 4) is 11.5 Å². The van der Waals surface area contributed by atoms with E-state index in [2.05, 4.69) is 6.08 Å². The van der Waals surface area contributed by atoms with Crippen molar-refractivity contribution in [3.63, 3.8) is 0 Å². The number of carbonyl (C=O) groups is 1. The van der Waals surface area contributed by atoms with Gasteiger partial charge < -0.3 is 9.47 Å². The van der Waals surface area contributed by atoms with E-state index in [0.717, 1.165) is 16.9 Å². The van der Waals surface area contributed by atoms with Crippen LogP contribution >= 0.6 is 0 Å². The molecule has 3 nitrogen and oxygen atoms in total. The summed E-state index contributed by atoms with van der Waals surface area (Å²) in [6, 6.07) is 3.74. The number of ether oxygens (including phenoxy) is 2. The minimum atomic E-state index is -0.336. The molecule has 20 heavy (non-hydrogen) atoms. The molecule has 0 spiro atoms. The fraction of sp³-hybridized carbons (Fsp3) is 0.471. The van der Waals surface area contributed by atoms with Gasteiger partial charge in [0.25, 0.3) is 0 Å². The minimum absolute atomic E-state index is 0.0916. The monoisotopic (exact) mass is 274 g/mol. The van der Waals surface area contributed by atoms with Gasteiger partial charge >= 0.3 is 0 Å². The molecule has 0 aliphatic carbocycles. The van der Waals surface area contributed by atoms with Crippen molar-refractivity contribution in [2.24, 2.45) is 0 Å². The van der Waals surface area contributed by atoms with Gasteiger partial charge in [0.1, 0.15) is 17.1 Å². The van der Waals surface area contributed by atoms with E-state index < -0.39 is 0 Å². The van der Waals surface area contributed by atoms with E-state index in [9.17, 15) is 4.79 Å². The summed E-state index contributed by atoms with van der Waals surface area (Å²) in [5, 5.41) is 0. The molecule has 0 amide bonds. The van der Waals surface area contributed by atoms with Gasteiger partial charge in [-0.1, -0.05) is 6.92 Å². The molecule has 2 rings (SSSR count). The van der Waals surface area contributed by atoms with Gasteiger partial charge in [-0.05, 0) is 45.4 Å².